The van der Waals surface area contributed by atoms with E-state index in [2.05, 4.69) is 51.1 Å². The Bertz CT molecular complexity index is 2100. The van der Waals surface area contributed by atoms with Gasteiger partial charge in [0.1, 0.15) is 48.0 Å². The number of aliphatic hydroxyl groups is 2. The number of hydrogen-bond donors (Lipinski definition) is 13. The number of rotatable bonds is 20. The topological polar surface area (TPSA) is 402 Å². The van der Waals surface area contributed by atoms with E-state index in [1.165, 1.54) is 24.3 Å². The first kappa shape index (κ1) is 60.4. The van der Waals surface area contributed by atoms with Crippen molar-refractivity contribution in [3.05, 3.63) is 29.8 Å². The number of fused-ring (bicyclic) bond motifs is 1. The number of carbonyl (C=O) groups is 11. The van der Waals surface area contributed by atoms with Gasteiger partial charge in [0, 0.05) is 31.8 Å². The molecule has 3 rings (SSSR count). The normalized spacial score (nSPS) is 24.8. The van der Waals surface area contributed by atoms with E-state index >= 15 is 0 Å². The molecule has 0 spiro atoms. The van der Waals surface area contributed by atoms with Crippen LogP contribution in [0.5, 0.6) is 5.75 Å². The van der Waals surface area contributed by atoms with E-state index in [4.69, 9.17) is 5.73 Å². The SMILES string of the molecule is CC(C)CCCCCCCCC1CC(=O)N[C@@H](CC(=O)O)C(=O)N[C@H](Cc2ccc(O)cc2)C(=O)N[C@H](CC(N)=O)C(=O)N2CCC[C@H]2C(=O)N[C@@H](CCC(=O)O)C(=O)N[C@H](CO)C(=O)N[C@@H]([C@@H](C)O)C(=O)N1. The maximum Gasteiger partial charge on any atom is 0.305 e. The number of carboxylic acid groups (broad SMARTS) is 2. The summed E-state index contributed by atoms with van der Waals surface area (Å²) in [4.78, 5) is 149. The van der Waals surface area contributed by atoms with E-state index in [0.717, 1.165) is 43.9 Å². The third-order valence-corrected chi connectivity index (χ3v) is 12.4. The van der Waals surface area contributed by atoms with Crippen LogP contribution in [0.1, 0.15) is 123 Å². The lowest BCUT2D eigenvalue weighted by molar-refractivity contribution is -0.144. The van der Waals surface area contributed by atoms with Gasteiger partial charge in [0.05, 0.1) is 25.6 Å². The van der Waals surface area contributed by atoms with Gasteiger partial charge in [-0.25, -0.2) is 0 Å². The number of carboxylic acids is 2. The Balaban J connectivity index is 2.12. The molecule has 2 aliphatic heterocycles. The van der Waals surface area contributed by atoms with Gasteiger partial charge in [-0.2, -0.15) is 0 Å². The molecule has 0 saturated carbocycles. The molecule has 73 heavy (non-hydrogen) atoms. The van der Waals surface area contributed by atoms with Gasteiger partial charge in [-0.1, -0.05) is 70.9 Å². The number of primary amides is 1. The number of hydrogen-bond acceptors (Lipinski definition) is 14. The average molecular weight is 1030 g/mol. The van der Waals surface area contributed by atoms with Crippen LogP contribution < -0.4 is 43.0 Å². The van der Waals surface area contributed by atoms with Crippen molar-refractivity contribution in [1.82, 2.24) is 42.1 Å². The summed E-state index contributed by atoms with van der Waals surface area (Å²) in [7, 11) is 0. The molecular formula is C48H73N9O16. The number of benzene rings is 1. The Morgan fingerprint density at radius 2 is 1.23 bits per heavy atom. The summed E-state index contributed by atoms with van der Waals surface area (Å²) in [5, 5.41) is 66.9. The van der Waals surface area contributed by atoms with E-state index < -0.39 is 158 Å². The minimum Gasteiger partial charge on any atom is -0.508 e. The zero-order valence-electron chi connectivity index (χ0n) is 41.6. The predicted molar refractivity (Wildman–Crippen MR) is 258 cm³/mol. The van der Waals surface area contributed by atoms with Gasteiger partial charge in [-0.05, 0) is 56.2 Å². The summed E-state index contributed by atoms with van der Waals surface area (Å²) < 4.78 is 0. The third kappa shape index (κ3) is 21.0. The lowest BCUT2D eigenvalue weighted by Crippen LogP contribution is -2.61. The monoisotopic (exact) mass is 1030 g/mol. The van der Waals surface area contributed by atoms with E-state index in [1.54, 1.807) is 0 Å². The molecule has 0 radical (unpaired) electrons. The fraction of sp³-hybridized carbons (Fsp3) is 0.646. The third-order valence-electron chi connectivity index (χ3n) is 12.4. The lowest BCUT2D eigenvalue weighted by atomic mass is 10.0. The number of nitrogens with one attached hydrogen (secondary N) is 7. The first-order valence-corrected chi connectivity index (χ1v) is 24.7. The van der Waals surface area contributed by atoms with E-state index in [0.29, 0.717) is 24.3 Å². The zero-order chi connectivity index (χ0) is 54.4. The number of carbonyl (C=O) groups excluding carboxylic acids is 9. The molecule has 2 fully saturated rings. The largest absolute Gasteiger partial charge is 0.508 e. The molecule has 2 heterocycles. The molecule has 0 aliphatic carbocycles. The van der Waals surface area contributed by atoms with Crippen molar-refractivity contribution >= 4 is 65.1 Å². The second-order valence-corrected chi connectivity index (χ2v) is 19.0. The summed E-state index contributed by atoms with van der Waals surface area (Å²) in [6, 6.07) is -7.67. The van der Waals surface area contributed by atoms with Gasteiger partial charge in [-0.3, -0.25) is 52.7 Å². The quantitative estimate of drug-likeness (QED) is 0.0634. The number of aliphatic carboxylic acids is 2. The van der Waals surface area contributed by atoms with Crippen LogP contribution in [0.15, 0.2) is 24.3 Å². The average Bonchev–Trinajstić information content (AvgIpc) is 3.81. The standard InChI is InChI=1S/C48H73N9O16/c1-26(2)11-8-6-4-5-7-9-12-29-22-38(62)51-33(24-40(65)66)44(69)53-32(21-28-14-16-30(60)17-15-28)43(68)54-34(23-37(49)61)48(73)57-20-10-13-36(57)46(71)52-31(18-19-39(63)64)42(67)55-35(25-58)45(70)56-41(27(3)59)47(72)50-29/h14-17,26-27,29,31-36,41,58-60H,4-13,18-25H2,1-3H3,(H2,49,61)(H,50,72)(H,51,62)(H,52,71)(H,53,69)(H,54,68)(H,55,67)(H,56,70)(H,63,64)(H,65,66)/t27-,29?,31+,32-,33+,34-,35-,36+,41+/m1/s1. The second-order valence-electron chi connectivity index (χ2n) is 19.0. The number of nitrogens with two attached hydrogens (primary N) is 1. The van der Waals surface area contributed by atoms with Crippen molar-refractivity contribution < 1.29 is 78.3 Å². The molecule has 25 nitrogen and oxygen atoms in total. The molecule has 406 valence electrons. The Morgan fingerprint density at radius 3 is 1.84 bits per heavy atom. The first-order chi connectivity index (χ1) is 34.5. The number of amides is 9. The Hall–Kier alpha value is -6.89. The van der Waals surface area contributed by atoms with Crippen molar-refractivity contribution in [3.63, 3.8) is 0 Å². The van der Waals surface area contributed by atoms with E-state index in [9.17, 15) is 78.3 Å². The molecule has 1 unspecified atom stereocenters. The maximum atomic E-state index is 14.2. The molecule has 0 bridgehead atoms. The molecular weight excluding hydrogens is 959 g/mol. The van der Waals surface area contributed by atoms with Crippen LogP contribution in [0.3, 0.4) is 0 Å². The van der Waals surface area contributed by atoms with E-state index in [-0.39, 0.29) is 38.0 Å². The van der Waals surface area contributed by atoms with Gasteiger partial charge < -0.3 is 73.4 Å². The van der Waals surface area contributed by atoms with E-state index in [1.807, 2.05) is 0 Å². The van der Waals surface area contributed by atoms with Crippen LogP contribution in [0, 0.1) is 5.92 Å². The molecule has 25 heteroatoms. The summed E-state index contributed by atoms with van der Waals surface area (Å²) >= 11 is 0. The minimum atomic E-state index is -1.85. The maximum absolute atomic E-state index is 14.2. The molecule has 1 aromatic rings. The van der Waals surface area contributed by atoms with Crippen LogP contribution in [-0.4, -0.2) is 163 Å². The number of unbranched alkanes of at least 4 members (excludes halogenated alkanes) is 5. The van der Waals surface area contributed by atoms with Crippen LogP contribution in [0.25, 0.3) is 0 Å². The Morgan fingerprint density at radius 1 is 0.658 bits per heavy atom. The minimum absolute atomic E-state index is 0.0256. The van der Waals surface area contributed by atoms with Crippen LogP contribution in [0.2, 0.25) is 0 Å². The summed E-state index contributed by atoms with van der Waals surface area (Å²) in [6.07, 6.45) is 0.715. The molecule has 0 aromatic heterocycles. The van der Waals surface area contributed by atoms with Crippen molar-refractivity contribution in [1.29, 1.82) is 0 Å². The molecule has 9 atom stereocenters. The van der Waals surface area contributed by atoms with Gasteiger partial charge >= 0.3 is 11.9 Å². The number of aliphatic hydroxyl groups excluding tert-OH is 2. The molecule has 2 aliphatic rings. The fourth-order valence-corrected chi connectivity index (χ4v) is 8.48. The van der Waals surface area contributed by atoms with Gasteiger partial charge in [0.2, 0.25) is 53.2 Å². The van der Waals surface area contributed by atoms with Crippen molar-refractivity contribution in [2.24, 2.45) is 11.7 Å². The van der Waals surface area contributed by atoms with Gasteiger partial charge in [-0.15, -0.1) is 0 Å². The second kappa shape index (κ2) is 30.2. The number of nitrogens with zero attached hydrogens (tertiary/aromatic N) is 1. The van der Waals surface area contributed by atoms with Gasteiger partial charge in [0.25, 0.3) is 0 Å². The van der Waals surface area contributed by atoms with Crippen LogP contribution in [0.4, 0.5) is 0 Å². The molecule has 14 N–H and O–H groups in total. The number of aromatic hydroxyl groups is 1. The zero-order valence-corrected chi connectivity index (χ0v) is 41.6. The van der Waals surface area contributed by atoms with Crippen molar-refractivity contribution in [3.8, 4) is 5.75 Å². The Kier molecular flexibility index (Phi) is 25.0. The lowest BCUT2D eigenvalue weighted by Gasteiger charge is -2.30. The predicted octanol–water partition coefficient (Wildman–Crippen LogP) is -1.91. The molecule has 2 saturated heterocycles. The van der Waals surface area contributed by atoms with Crippen LogP contribution >= 0.6 is 0 Å². The number of phenolic OH excluding ortho intramolecular Hbond substituents is 1. The van der Waals surface area contributed by atoms with Gasteiger partial charge in [0.15, 0.2) is 0 Å². The Labute approximate surface area is 422 Å². The fourth-order valence-electron chi connectivity index (χ4n) is 8.48. The highest BCUT2D eigenvalue weighted by Crippen LogP contribution is 2.21. The first-order valence-electron chi connectivity index (χ1n) is 24.7. The highest BCUT2D eigenvalue weighted by Gasteiger charge is 2.41. The van der Waals surface area contributed by atoms with Crippen LogP contribution in [-0.2, 0) is 59.2 Å². The summed E-state index contributed by atoms with van der Waals surface area (Å²) in [5.74, 6) is -12.1. The summed E-state index contributed by atoms with van der Waals surface area (Å²) in [6.45, 7) is 4.21. The smallest absolute Gasteiger partial charge is 0.305 e. The highest BCUT2D eigenvalue weighted by molar-refractivity contribution is 5.99. The van der Waals surface area contributed by atoms with Crippen molar-refractivity contribution in [2.75, 3.05) is 13.2 Å². The summed E-state index contributed by atoms with van der Waals surface area (Å²) in [5.41, 5.74) is 5.84. The van der Waals surface area contributed by atoms with Crippen molar-refractivity contribution in [2.45, 2.75) is 178 Å². The molecule has 1 aromatic carbocycles. The molecule has 9 amide bonds. The highest BCUT2D eigenvalue weighted by atomic mass is 16.4. The number of phenols is 1.